The molecule has 2 aromatic carbocycles. The van der Waals surface area contributed by atoms with Gasteiger partial charge in [-0.2, -0.15) is 0 Å². The summed E-state index contributed by atoms with van der Waals surface area (Å²) in [6, 6.07) is 14.2. The van der Waals surface area contributed by atoms with Gasteiger partial charge in [0.25, 0.3) is 0 Å². The molecule has 0 radical (unpaired) electrons. The molecule has 146 valence electrons. The van der Waals surface area contributed by atoms with E-state index in [0.29, 0.717) is 30.0 Å². The van der Waals surface area contributed by atoms with Gasteiger partial charge in [0, 0.05) is 30.4 Å². The van der Waals surface area contributed by atoms with Crippen LogP contribution >= 0.6 is 0 Å². The summed E-state index contributed by atoms with van der Waals surface area (Å²) in [5, 5.41) is 8.29. The molecule has 3 N–H and O–H groups in total. The highest BCUT2D eigenvalue weighted by Crippen LogP contribution is 2.47. The van der Waals surface area contributed by atoms with E-state index < -0.39 is 5.41 Å². The van der Waals surface area contributed by atoms with Gasteiger partial charge in [0.1, 0.15) is 11.2 Å². The molecule has 2 aromatic rings. The second-order valence-electron chi connectivity index (χ2n) is 6.79. The maximum Gasteiger partial charge on any atom is 0.240 e. The standard InChI is InChI=1S/C21H23N3O4/c1-14(25)23-16-7-5-8-17(12-16)24-20(27)21(10-11-21)19(26)22-13-15-6-3-4-9-18(15)28-2/h3-9,12H,10-11,13H2,1-2H3,(H,22,26)(H,23,25)(H,24,27). The Morgan fingerprint density at radius 3 is 2.29 bits per heavy atom. The van der Waals surface area contributed by atoms with Crippen LogP contribution < -0.4 is 20.7 Å². The zero-order valence-corrected chi connectivity index (χ0v) is 15.9. The molecule has 1 aliphatic carbocycles. The fourth-order valence-electron chi connectivity index (χ4n) is 3.00. The Morgan fingerprint density at radius 1 is 0.964 bits per heavy atom. The predicted octanol–water partition coefficient (Wildman–Crippen LogP) is 2.69. The third-order valence-electron chi connectivity index (χ3n) is 4.69. The number of nitrogens with one attached hydrogen (secondary N) is 3. The summed E-state index contributed by atoms with van der Waals surface area (Å²) in [5.41, 5.74) is 0.903. The fraction of sp³-hybridized carbons (Fsp3) is 0.286. The number of amides is 3. The Balaban J connectivity index is 1.63. The van der Waals surface area contributed by atoms with Crippen molar-refractivity contribution in [3.63, 3.8) is 0 Å². The molecule has 0 bridgehead atoms. The lowest BCUT2D eigenvalue weighted by Gasteiger charge is -2.16. The Kier molecular flexibility index (Phi) is 5.63. The third-order valence-corrected chi connectivity index (χ3v) is 4.69. The molecule has 1 saturated carbocycles. The summed E-state index contributed by atoms with van der Waals surface area (Å²) in [6.07, 6.45) is 1.00. The minimum Gasteiger partial charge on any atom is -0.496 e. The van der Waals surface area contributed by atoms with Crippen molar-refractivity contribution in [2.75, 3.05) is 17.7 Å². The summed E-state index contributed by atoms with van der Waals surface area (Å²) in [5.74, 6) is -0.149. The molecule has 0 atom stereocenters. The van der Waals surface area contributed by atoms with Gasteiger partial charge in [0.15, 0.2) is 0 Å². The van der Waals surface area contributed by atoms with Crippen LogP contribution in [0.5, 0.6) is 5.75 Å². The first-order valence-electron chi connectivity index (χ1n) is 9.04. The lowest BCUT2D eigenvalue weighted by atomic mass is 10.0. The Hall–Kier alpha value is -3.35. The number of para-hydroxylation sites is 1. The van der Waals surface area contributed by atoms with Gasteiger partial charge in [-0.1, -0.05) is 24.3 Å². The van der Waals surface area contributed by atoms with Crippen LogP contribution in [-0.4, -0.2) is 24.8 Å². The van der Waals surface area contributed by atoms with Crippen LogP contribution in [0, 0.1) is 5.41 Å². The summed E-state index contributed by atoms with van der Waals surface area (Å²) < 4.78 is 5.28. The van der Waals surface area contributed by atoms with Crippen molar-refractivity contribution in [3.05, 3.63) is 54.1 Å². The molecular weight excluding hydrogens is 358 g/mol. The summed E-state index contributed by atoms with van der Waals surface area (Å²) in [4.78, 5) is 36.6. The van der Waals surface area contributed by atoms with Gasteiger partial charge >= 0.3 is 0 Å². The molecule has 0 spiro atoms. The van der Waals surface area contributed by atoms with Crippen LogP contribution in [-0.2, 0) is 20.9 Å². The van der Waals surface area contributed by atoms with Crippen LogP contribution in [0.1, 0.15) is 25.3 Å². The van der Waals surface area contributed by atoms with Crippen LogP contribution in [0.15, 0.2) is 48.5 Å². The number of methoxy groups -OCH3 is 1. The number of hydrogen-bond acceptors (Lipinski definition) is 4. The van der Waals surface area contributed by atoms with Gasteiger partial charge in [-0.05, 0) is 37.1 Å². The third kappa shape index (κ3) is 4.31. The number of hydrogen-bond donors (Lipinski definition) is 3. The normalized spacial score (nSPS) is 13.9. The number of benzene rings is 2. The topological polar surface area (TPSA) is 96.5 Å². The number of rotatable bonds is 7. The van der Waals surface area contributed by atoms with Gasteiger partial charge < -0.3 is 20.7 Å². The van der Waals surface area contributed by atoms with Crippen molar-refractivity contribution in [2.24, 2.45) is 5.41 Å². The number of anilines is 2. The van der Waals surface area contributed by atoms with E-state index in [1.165, 1.54) is 6.92 Å². The van der Waals surface area contributed by atoms with Gasteiger partial charge in [0.2, 0.25) is 17.7 Å². The lowest BCUT2D eigenvalue weighted by Crippen LogP contribution is -2.39. The Labute approximate surface area is 163 Å². The SMILES string of the molecule is COc1ccccc1CNC(=O)C1(C(=O)Nc2cccc(NC(C)=O)c2)CC1. The molecule has 3 amide bonds. The molecule has 0 saturated heterocycles. The molecule has 0 heterocycles. The van der Waals surface area contributed by atoms with E-state index in [9.17, 15) is 14.4 Å². The Morgan fingerprint density at radius 2 is 1.64 bits per heavy atom. The number of carbonyl (C=O) groups is 3. The van der Waals surface area contributed by atoms with E-state index >= 15 is 0 Å². The summed E-state index contributed by atoms with van der Waals surface area (Å²) in [7, 11) is 1.57. The van der Waals surface area contributed by atoms with Crippen molar-refractivity contribution in [2.45, 2.75) is 26.3 Å². The molecule has 0 aromatic heterocycles. The quantitative estimate of drug-likeness (QED) is 0.643. The van der Waals surface area contributed by atoms with Crippen molar-refractivity contribution in [1.82, 2.24) is 5.32 Å². The first-order chi connectivity index (χ1) is 13.4. The molecule has 0 aliphatic heterocycles. The van der Waals surface area contributed by atoms with E-state index in [1.807, 2.05) is 24.3 Å². The summed E-state index contributed by atoms with van der Waals surface area (Å²) in [6.45, 7) is 1.70. The molecular formula is C21H23N3O4. The van der Waals surface area contributed by atoms with Crippen molar-refractivity contribution in [3.8, 4) is 5.75 Å². The first-order valence-corrected chi connectivity index (χ1v) is 9.04. The van der Waals surface area contributed by atoms with E-state index in [2.05, 4.69) is 16.0 Å². The number of carbonyl (C=O) groups excluding carboxylic acids is 3. The van der Waals surface area contributed by atoms with Crippen LogP contribution in [0.4, 0.5) is 11.4 Å². The van der Waals surface area contributed by atoms with Crippen molar-refractivity contribution in [1.29, 1.82) is 0 Å². The van der Waals surface area contributed by atoms with Gasteiger partial charge in [-0.15, -0.1) is 0 Å². The lowest BCUT2D eigenvalue weighted by molar-refractivity contribution is -0.134. The average molecular weight is 381 g/mol. The van der Waals surface area contributed by atoms with E-state index in [1.54, 1.807) is 31.4 Å². The highest BCUT2D eigenvalue weighted by atomic mass is 16.5. The second kappa shape index (κ2) is 8.12. The second-order valence-corrected chi connectivity index (χ2v) is 6.79. The highest BCUT2D eigenvalue weighted by Gasteiger charge is 2.56. The molecule has 3 rings (SSSR count). The van der Waals surface area contributed by atoms with Gasteiger partial charge in [-0.25, -0.2) is 0 Å². The van der Waals surface area contributed by atoms with Gasteiger partial charge in [-0.3, -0.25) is 14.4 Å². The van der Waals surface area contributed by atoms with Crippen molar-refractivity contribution >= 4 is 29.1 Å². The predicted molar refractivity (Wildman–Crippen MR) is 106 cm³/mol. The number of ether oxygens (including phenoxy) is 1. The van der Waals surface area contributed by atoms with E-state index in [4.69, 9.17) is 4.74 Å². The largest absolute Gasteiger partial charge is 0.496 e. The highest BCUT2D eigenvalue weighted by molar-refractivity contribution is 6.13. The zero-order chi connectivity index (χ0) is 20.1. The average Bonchev–Trinajstić information content (AvgIpc) is 3.48. The molecule has 0 unspecified atom stereocenters. The Bertz CT molecular complexity index is 906. The maximum absolute atomic E-state index is 12.7. The fourth-order valence-corrected chi connectivity index (χ4v) is 3.00. The van der Waals surface area contributed by atoms with Crippen molar-refractivity contribution < 1.29 is 19.1 Å². The molecule has 7 nitrogen and oxygen atoms in total. The molecule has 7 heteroatoms. The van der Waals surface area contributed by atoms with Crippen LogP contribution in [0.2, 0.25) is 0 Å². The first kappa shape index (κ1) is 19.4. The molecule has 1 aliphatic rings. The summed E-state index contributed by atoms with van der Waals surface area (Å²) >= 11 is 0. The van der Waals surface area contributed by atoms with E-state index in [0.717, 1.165) is 5.56 Å². The maximum atomic E-state index is 12.7. The molecule has 1 fully saturated rings. The smallest absolute Gasteiger partial charge is 0.240 e. The van der Waals surface area contributed by atoms with Gasteiger partial charge in [0.05, 0.1) is 7.11 Å². The monoisotopic (exact) mass is 381 g/mol. The minimum atomic E-state index is -1.05. The van der Waals surface area contributed by atoms with Crippen LogP contribution in [0.25, 0.3) is 0 Å². The minimum absolute atomic E-state index is 0.196. The molecule has 28 heavy (non-hydrogen) atoms. The van der Waals surface area contributed by atoms with E-state index in [-0.39, 0.29) is 24.3 Å². The zero-order valence-electron chi connectivity index (χ0n) is 15.9. The van der Waals surface area contributed by atoms with Crippen LogP contribution in [0.3, 0.4) is 0 Å².